The maximum atomic E-state index is 4.45. The number of fused-ring (bicyclic) bond motifs is 1. The second kappa shape index (κ2) is 8.65. The number of hydrogen-bond donors (Lipinski definition) is 1. The van der Waals surface area contributed by atoms with Gasteiger partial charge in [-0.25, -0.2) is 4.98 Å². The Bertz CT molecular complexity index is 533. The number of nitrogens with one attached hydrogen (secondary N) is 1. The van der Waals surface area contributed by atoms with Crippen LogP contribution in [0.1, 0.15) is 64.0 Å². The van der Waals surface area contributed by atoms with Gasteiger partial charge in [-0.15, -0.1) is 0 Å². The van der Waals surface area contributed by atoms with Crippen LogP contribution in [0.2, 0.25) is 0 Å². The minimum atomic E-state index is 0.911. The molecule has 0 fully saturated rings. The molecule has 0 aliphatic heterocycles. The van der Waals surface area contributed by atoms with Crippen LogP contribution in [0.5, 0.6) is 0 Å². The number of hydrogen-bond acceptors (Lipinski definition) is 3. The largest absolute Gasteiger partial charge is 0.370 e. The molecule has 2 heterocycles. The van der Waals surface area contributed by atoms with E-state index in [-0.39, 0.29) is 0 Å². The van der Waals surface area contributed by atoms with E-state index in [1.54, 1.807) is 6.20 Å². The van der Waals surface area contributed by atoms with E-state index in [9.17, 15) is 0 Å². The van der Waals surface area contributed by atoms with Crippen LogP contribution in [-0.4, -0.2) is 21.1 Å². The van der Waals surface area contributed by atoms with Crippen LogP contribution < -0.4 is 5.32 Å². The highest BCUT2D eigenvalue weighted by Crippen LogP contribution is 2.12. The Balaban J connectivity index is 1.65. The van der Waals surface area contributed by atoms with Crippen molar-refractivity contribution in [3.05, 3.63) is 24.0 Å². The molecule has 21 heavy (non-hydrogen) atoms. The molecular formula is C17H28N4. The van der Waals surface area contributed by atoms with E-state index in [4.69, 9.17) is 0 Å². The number of unbranched alkanes of at least 4 members (excludes halogenated alkanes) is 7. The first-order chi connectivity index (χ1) is 10.3. The van der Waals surface area contributed by atoms with Crippen LogP contribution in [0.4, 0.5) is 5.82 Å². The van der Waals surface area contributed by atoms with Gasteiger partial charge in [-0.05, 0) is 13.3 Å². The normalized spacial score (nSPS) is 11.1. The van der Waals surface area contributed by atoms with Crippen molar-refractivity contribution >= 4 is 11.5 Å². The molecule has 0 aromatic carbocycles. The van der Waals surface area contributed by atoms with Crippen molar-refractivity contribution < 1.29 is 0 Å². The van der Waals surface area contributed by atoms with Crippen molar-refractivity contribution in [3.8, 4) is 0 Å². The zero-order chi connectivity index (χ0) is 14.9. The molecule has 0 amide bonds. The summed E-state index contributed by atoms with van der Waals surface area (Å²) in [6.07, 6.45) is 12.6. The lowest BCUT2D eigenvalue weighted by molar-refractivity contribution is 0.580. The third-order valence-corrected chi connectivity index (χ3v) is 3.82. The fourth-order valence-corrected chi connectivity index (χ4v) is 2.64. The smallest absolute Gasteiger partial charge is 0.157 e. The highest BCUT2D eigenvalue weighted by atomic mass is 15.3. The Morgan fingerprint density at radius 1 is 1.05 bits per heavy atom. The average molecular weight is 288 g/mol. The number of aryl methyl sites for hydroxylation is 1. The summed E-state index contributed by atoms with van der Waals surface area (Å²) in [6, 6.07) is 4.00. The highest BCUT2D eigenvalue weighted by molar-refractivity contribution is 5.48. The lowest BCUT2D eigenvalue weighted by Gasteiger charge is -2.09. The van der Waals surface area contributed by atoms with E-state index in [2.05, 4.69) is 28.4 Å². The van der Waals surface area contributed by atoms with Crippen molar-refractivity contribution in [1.82, 2.24) is 14.6 Å². The van der Waals surface area contributed by atoms with Gasteiger partial charge in [0.25, 0.3) is 0 Å². The first-order valence-corrected chi connectivity index (χ1v) is 8.36. The molecule has 0 unspecified atom stereocenters. The van der Waals surface area contributed by atoms with E-state index in [0.29, 0.717) is 0 Å². The topological polar surface area (TPSA) is 42.2 Å². The number of nitrogens with zero attached hydrogens (tertiary/aromatic N) is 3. The molecule has 4 heteroatoms. The van der Waals surface area contributed by atoms with Crippen LogP contribution >= 0.6 is 0 Å². The quantitative estimate of drug-likeness (QED) is 0.650. The molecular weight excluding hydrogens is 260 g/mol. The van der Waals surface area contributed by atoms with Gasteiger partial charge in [-0.1, -0.05) is 51.9 Å². The summed E-state index contributed by atoms with van der Waals surface area (Å²) in [4.78, 5) is 4.45. The van der Waals surface area contributed by atoms with Crippen molar-refractivity contribution in [2.75, 3.05) is 11.9 Å². The number of rotatable bonds is 10. The molecule has 0 radical (unpaired) electrons. The van der Waals surface area contributed by atoms with Crippen molar-refractivity contribution in [1.29, 1.82) is 0 Å². The summed E-state index contributed by atoms with van der Waals surface area (Å²) < 4.78 is 1.87. The van der Waals surface area contributed by atoms with Crippen LogP contribution in [0.3, 0.4) is 0 Å². The third kappa shape index (κ3) is 5.03. The standard InChI is InChI=1S/C17H28N4/c1-3-4-5-6-7-8-9-10-12-18-17-14-15(2)20-16-11-13-19-21(16)17/h11,13-14,18H,3-10,12H2,1-2H3. The predicted molar refractivity (Wildman–Crippen MR) is 88.8 cm³/mol. The highest BCUT2D eigenvalue weighted by Gasteiger charge is 2.03. The van der Waals surface area contributed by atoms with Gasteiger partial charge in [0.2, 0.25) is 0 Å². The molecule has 0 saturated heterocycles. The zero-order valence-corrected chi connectivity index (χ0v) is 13.4. The lowest BCUT2D eigenvalue weighted by atomic mass is 10.1. The van der Waals surface area contributed by atoms with E-state index in [1.165, 1.54) is 51.4 Å². The molecule has 2 rings (SSSR count). The van der Waals surface area contributed by atoms with Crippen LogP contribution in [-0.2, 0) is 0 Å². The first kappa shape index (κ1) is 15.8. The Morgan fingerprint density at radius 2 is 1.76 bits per heavy atom. The van der Waals surface area contributed by atoms with Crippen molar-refractivity contribution in [2.24, 2.45) is 0 Å². The van der Waals surface area contributed by atoms with Gasteiger partial charge >= 0.3 is 0 Å². The molecule has 0 atom stereocenters. The maximum absolute atomic E-state index is 4.45. The lowest BCUT2D eigenvalue weighted by Crippen LogP contribution is -2.08. The van der Waals surface area contributed by atoms with Gasteiger partial charge in [-0.3, -0.25) is 0 Å². The summed E-state index contributed by atoms with van der Waals surface area (Å²) in [5.74, 6) is 1.05. The van der Waals surface area contributed by atoms with Gasteiger partial charge in [0.1, 0.15) is 5.82 Å². The first-order valence-electron chi connectivity index (χ1n) is 8.36. The van der Waals surface area contributed by atoms with Crippen LogP contribution in [0, 0.1) is 6.92 Å². The van der Waals surface area contributed by atoms with E-state index in [0.717, 1.165) is 23.7 Å². The minimum Gasteiger partial charge on any atom is -0.370 e. The van der Waals surface area contributed by atoms with Crippen molar-refractivity contribution in [2.45, 2.75) is 65.2 Å². The summed E-state index contributed by atoms with van der Waals surface area (Å²) in [5, 5.41) is 7.79. The van der Waals surface area contributed by atoms with E-state index < -0.39 is 0 Å². The Kier molecular flexibility index (Phi) is 6.51. The van der Waals surface area contributed by atoms with E-state index in [1.807, 2.05) is 17.5 Å². The second-order valence-electron chi connectivity index (χ2n) is 5.79. The number of anilines is 1. The molecule has 4 nitrogen and oxygen atoms in total. The Hall–Kier alpha value is -1.58. The van der Waals surface area contributed by atoms with Crippen LogP contribution in [0.15, 0.2) is 18.3 Å². The SMILES string of the molecule is CCCCCCCCCCNc1cc(C)nc2ccnn12. The zero-order valence-electron chi connectivity index (χ0n) is 13.4. The summed E-state index contributed by atoms with van der Waals surface area (Å²) >= 11 is 0. The Morgan fingerprint density at radius 3 is 2.52 bits per heavy atom. The van der Waals surface area contributed by atoms with Crippen molar-refractivity contribution in [3.63, 3.8) is 0 Å². The summed E-state index contributed by atoms with van der Waals surface area (Å²) in [7, 11) is 0. The fourth-order valence-electron chi connectivity index (χ4n) is 2.64. The minimum absolute atomic E-state index is 0.911. The molecule has 0 saturated carbocycles. The summed E-state index contributed by atoms with van der Waals surface area (Å²) in [5.41, 5.74) is 1.94. The molecule has 0 bridgehead atoms. The third-order valence-electron chi connectivity index (χ3n) is 3.82. The summed E-state index contributed by atoms with van der Waals surface area (Å²) in [6.45, 7) is 5.30. The van der Waals surface area contributed by atoms with Gasteiger partial charge in [-0.2, -0.15) is 9.61 Å². The monoisotopic (exact) mass is 288 g/mol. The van der Waals surface area contributed by atoms with Gasteiger partial charge in [0.15, 0.2) is 5.65 Å². The molecule has 116 valence electrons. The van der Waals surface area contributed by atoms with Gasteiger partial charge in [0.05, 0.1) is 6.20 Å². The second-order valence-corrected chi connectivity index (χ2v) is 5.79. The average Bonchev–Trinajstić information content (AvgIpc) is 2.93. The molecule has 0 spiro atoms. The molecule has 2 aromatic rings. The fraction of sp³-hybridized carbons (Fsp3) is 0.647. The molecule has 0 aliphatic carbocycles. The molecule has 2 aromatic heterocycles. The maximum Gasteiger partial charge on any atom is 0.157 e. The predicted octanol–water partition coefficient (Wildman–Crippen LogP) is 4.59. The molecule has 0 aliphatic rings. The molecule has 1 N–H and O–H groups in total. The van der Waals surface area contributed by atoms with E-state index >= 15 is 0 Å². The van der Waals surface area contributed by atoms with Crippen LogP contribution in [0.25, 0.3) is 5.65 Å². The van der Waals surface area contributed by atoms with Gasteiger partial charge in [0, 0.05) is 24.4 Å². The number of aromatic nitrogens is 3. The van der Waals surface area contributed by atoms with Gasteiger partial charge < -0.3 is 5.32 Å². The Labute approximate surface area is 128 Å².